The zero-order valence-electron chi connectivity index (χ0n) is 7.03. The Hall–Kier alpha value is -0.0400. The van der Waals surface area contributed by atoms with Crippen molar-refractivity contribution in [3.8, 4) is 0 Å². The molecule has 1 fully saturated rings. The molecule has 0 atom stereocenters. The summed E-state index contributed by atoms with van der Waals surface area (Å²) >= 11 is 0. The van der Waals surface area contributed by atoms with Crippen molar-refractivity contribution in [3.05, 3.63) is 0 Å². The van der Waals surface area contributed by atoms with Crippen molar-refractivity contribution in [1.82, 2.24) is 5.32 Å². The molecular weight excluding hydrogens is 122 g/mol. The van der Waals surface area contributed by atoms with Crippen molar-refractivity contribution >= 4 is 0 Å². The molecule has 0 aromatic heterocycles. The quantitative estimate of drug-likeness (QED) is 0.592. The van der Waals surface area contributed by atoms with Gasteiger partial charge in [0.25, 0.3) is 0 Å². The maximum absolute atomic E-state index is 3.38. The van der Waals surface area contributed by atoms with Crippen LogP contribution in [0.4, 0.5) is 0 Å². The zero-order valence-corrected chi connectivity index (χ0v) is 7.03. The minimum Gasteiger partial charge on any atom is -0.317 e. The van der Waals surface area contributed by atoms with Crippen LogP contribution >= 0.6 is 0 Å². The van der Waals surface area contributed by atoms with Gasteiger partial charge in [-0.2, -0.15) is 0 Å². The standard InChI is InChI=1S/C9H19N/c1-2-10-8-7-9-5-3-4-6-9/h9-10H,2-8H2,1H3. The molecule has 1 N–H and O–H groups in total. The van der Waals surface area contributed by atoms with Gasteiger partial charge in [-0.05, 0) is 25.4 Å². The van der Waals surface area contributed by atoms with E-state index in [0.717, 1.165) is 12.5 Å². The van der Waals surface area contributed by atoms with Crippen LogP contribution in [-0.4, -0.2) is 13.1 Å². The molecule has 1 aliphatic carbocycles. The van der Waals surface area contributed by atoms with Crippen molar-refractivity contribution in [2.24, 2.45) is 5.92 Å². The van der Waals surface area contributed by atoms with Crippen molar-refractivity contribution in [2.45, 2.75) is 39.0 Å². The van der Waals surface area contributed by atoms with Gasteiger partial charge in [0.2, 0.25) is 0 Å². The SMILES string of the molecule is CCNCCC1CCCC1. The molecule has 1 aliphatic rings. The van der Waals surface area contributed by atoms with Gasteiger partial charge in [0.15, 0.2) is 0 Å². The zero-order chi connectivity index (χ0) is 7.23. The lowest BCUT2D eigenvalue weighted by Gasteiger charge is -2.07. The van der Waals surface area contributed by atoms with E-state index in [1.807, 2.05) is 0 Å². The number of hydrogen-bond acceptors (Lipinski definition) is 1. The monoisotopic (exact) mass is 141 g/mol. The Balaban J connectivity index is 1.91. The first-order valence-electron chi connectivity index (χ1n) is 4.64. The molecule has 0 radical (unpaired) electrons. The van der Waals surface area contributed by atoms with Crippen LogP contribution in [-0.2, 0) is 0 Å². The second-order valence-corrected chi connectivity index (χ2v) is 3.29. The maximum atomic E-state index is 3.38. The second kappa shape index (κ2) is 4.73. The highest BCUT2D eigenvalue weighted by Gasteiger charge is 2.13. The van der Waals surface area contributed by atoms with Crippen molar-refractivity contribution in [3.63, 3.8) is 0 Å². The predicted molar refractivity (Wildman–Crippen MR) is 45.1 cm³/mol. The first-order valence-corrected chi connectivity index (χ1v) is 4.64. The van der Waals surface area contributed by atoms with Gasteiger partial charge in [0.05, 0.1) is 0 Å². The molecule has 0 heterocycles. The van der Waals surface area contributed by atoms with Crippen LogP contribution in [0.5, 0.6) is 0 Å². The van der Waals surface area contributed by atoms with Crippen LogP contribution in [0.15, 0.2) is 0 Å². The van der Waals surface area contributed by atoms with E-state index in [1.54, 1.807) is 0 Å². The van der Waals surface area contributed by atoms with E-state index in [-0.39, 0.29) is 0 Å². The van der Waals surface area contributed by atoms with Gasteiger partial charge in [-0.1, -0.05) is 32.6 Å². The smallest absolute Gasteiger partial charge is 0.00464 e. The summed E-state index contributed by atoms with van der Waals surface area (Å²) in [6, 6.07) is 0. The minimum atomic E-state index is 1.05. The van der Waals surface area contributed by atoms with Gasteiger partial charge in [-0.15, -0.1) is 0 Å². The summed E-state index contributed by atoms with van der Waals surface area (Å²) in [4.78, 5) is 0. The Morgan fingerprint density at radius 1 is 1.30 bits per heavy atom. The normalized spacial score (nSPS) is 20.1. The molecule has 0 amide bonds. The van der Waals surface area contributed by atoms with E-state index >= 15 is 0 Å². The molecule has 1 heteroatoms. The fraction of sp³-hybridized carbons (Fsp3) is 1.00. The van der Waals surface area contributed by atoms with E-state index < -0.39 is 0 Å². The molecular formula is C9H19N. The third-order valence-electron chi connectivity index (χ3n) is 2.45. The molecule has 0 bridgehead atoms. The van der Waals surface area contributed by atoms with E-state index in [9.17, 15) is 0 Å². The first-order chi connectivity index (χ1) is 4.93. The Kier molecular flexibility index (Phi) is 3.81. The van der Waals surface area contributed by atoms with E-state index in [2.05, 4.69) is 12.2 Å². The maximum Gasteiger partial charge on any atom is -0.00464 e. The first kappa shape index (κ1) is 8.06. The largest absolute Gasteiger partial charge is 0.317 e. The van der Waals surface area contributed by atoms with Crippen molar-refractivity contribution in [1.29, 1.82) is 0 Å². The van der Waals surface area contributed by atoms with E-state index in [4.69, 9.17) is 0 Å². The molecule has 0 unspecified atom stereocenters. The van der Waals surface area contributed by atoms with Crippen molar-refractivity contribution in [2.75, 3.05) is 13.1 Å². The highest BCUT2D eigenvalue weighted by atomic mass is 14.8. The topological polar surface area (TPSA) is 12.0 Å². The van der Waals surface area contributed by atoms with Gasteiger partial charge < -0.3 is 5.32 Å². The van der Waals surface area contributed by atoms with Crippen LogP contribution in [0.3, 0.4) is 0 Å². The van der Waals surface area contributed by atoms with Crippen LogP contribution < -0.4 is 5.32 Å². The fourth-order valence-corrected chi connectivity index (χ4v) is 1.78. The third-order valence-corrected chi connectivity index (χ3v) is 2.45. The number of rotatable bonds is 4. The van der Waals surface area contributed by atoms with Crippen LogP contribution in [0.1, 0.15) is 39.0 Å². The summed E-state index contributed by atoms with van der Waals surface area (Å²) < 4.78 is 0. The van der Waals surface area contributed by atoms with Gasteiger partial charge in [-0.3, -0.25) is 0 Å². The Morgan fingerprint density at radius 2 is 2.00 bits per heavy atom. The Labute approximate surface area is 64.2 Å². The summed E-state index contributed by atoms with van der Waals surface area (Å²) in [7, 11) is 0. The lowest BCUT2D eigenvalue weighted by atomic mass is 10.0. The molecule has 1 nitrogen and oxygen atoms in total. The summed E-state index contributed by atoms with van der Waals surface area (Å²) in [6.45, 7) is 4.54. The van der Waals surface area contributed by atoms with Crippen LogP contribution in [0.2, 0.25) is 0 Å². The van der Waals surface area contributed by atoms with E-state index in [1.165, 1.54) is 38.6 Å². The lowest BCUT2D eigenvalue weighted by Crippen LogP contribution is -2.16. The fourth-order valence-electron chi connectivity index (χ4n) is 1.78. The Morgan fingerprint density at radius 3 is 2.60 bits per heavy atom. The van der Waals surface area contributed by atoms with Gasteiger partial charge in [0, 0.05) is 0 Å². The molecule has 0 aromatic carbocycles. The van der Waals surface area contributed by atoms with Crippen LogP contribution in [0.25, 0.3) is 0 Å². The molecule has 0 spiro atoms. The predicted octanol–water partition coefficient (Wildman–Crippen LogP) is 2.18. The molecule has 0 saturated heterocycles. The average molecular weight is 141 g/mol. The second-order valence-electron chi connectivity index (χ2n) is 3.29. The molecule has 1 saturated carbocycles. The van der Waals surface area contributed by atoms with Crippen LogP contribution in [0, 0.1) is 5.92 Å². The summed E-state index contributed by atoms with van der Waals surface area (Å²) in [5.41, 5.74) is 0. The average Bonchev–Trinajstić information content (AvgIpc) is 2.41. The molecule has 1 rings (SSSR count). The highest BCUT2D eigenvalue weighted by Crippen LogP contribution is 2.26. The van der Waals surface area contributed by atoms with E-state index in [0.29, 0.717) is 0 Å². The van der Waals surface area contributed by atoms with Gasteiger partial charge in [-0.25, -0.2) is 0 Å². The molecule has 10 heavy (non-hydrogen) atoms. The molecule has 60 valence electrons. The molecule has 0 aliphatic heterocycles. The lowest BCUT2D eigenvalue weighted by molar-refractivity contribution is 0.482. The minimum absolute atomic E-state index is 1.05. The Bertz CT molecular complexity index is 74.8. The van der Waals surface area contributed by atoms with Gasteiger partial charge >= 0.3 is 0 Å². The number of nitrogens with one attached hydrogen (secondary N) is 1. The van der Waals surface area contributed by atoms with Crippen molar-refractivity contribution < 1.29 is 0 Å². The summed E-state index contributed by atoms with van der Waals surface area (Å²) in [5, 5.41) is 3.38. The third kappa shape index (κ3) is 2.70. The number of hydrogen-bond donors (Lipinski definition) is 1. The molecule has 0 aromatic rings. The summed E-state index contributed by atoms with van der Waals surface area (Å²) in [6.07, 6.45) is 7.36. The van der Waals surface area contributed by atoms with Gasteiger partial charge in [0.1, 0.15) is 0 Å². The highest BCUT2D eigenvalue weighted by molar-refractivity contribution is 4.67. The summed E-state index contributed by atoms with van der Waals surface area (Å²) in [5.74, 6) is 1.05.